The summed E-state index contributed by atoms with van der Waals surface area (Å²) in [6.45, 7) is 2.89. The highest BCUT2D eigenvalue weighted by atomic mass is 16.5. The van der Waals surface area contributed by atoms with Crippen LogP contribution in [0.5, 0.6) is 11.5 Å². The molecule has 0 aliphatic rings. The monoisotopic (exact) mass is 380 g/mol. The number of ether oxygens (including phenoxy) is 2. The van der Waals surface area contributed by atoms with Gasteiger partial charge in [-0.3, -0.25) is 4.99 Å². The van der Waals surface area contributed by atoms with E-state index < -0.39 is 0 Å². The summed E-state index contributed by atoms with van der Waals surface area (Å²) in [5.74, 6) is 3.25. The van der Waals surface area contributed by atoms with Crippen LogP contribution < -0.4 is 20.1 Å². The molecule has 0 fully saturated rings. The highest BCUT2D eigenvalue weighted by Gasteiger charge is 2.09. The van der Waals surface area contributed by atoms with Gasteiger partial charge in [-0.25, -0.2) is 4.98 Å². The first-order chi connectivity index (χ1) is 13.7. The van der Waals surface area contributed by atoms with E-state index in [0.717, 1.165) is 17.0 Å². The van der Waals surface area contributed by atoms with Gasteiger partial charge in [-0.2, -0.15) is 0 Å². The van der Waals surface area contributed by atoms with Crippen LogP contribution in [-0.4, -0.2) is 31.7 Å². The molecule has 2 N–H and O–H groups in total. The number of methoxy groups -OCH3 is 1. The standard InChI is InChI=1S/C21H24N4O3/c1-4-27-18-12-16(10-11-17(18)26-3)25-21(22-2)24-14-20-23-13-19(28-20)15-8-6-5-7-9-15/h5-13H,4,14H2,1-3H3,(H2,22,24,25). The highest BCUT2D eigenvalue weighted by Crippen LogP contribution is 2.30. The Morgan fingerprint density at radius 2 is 1.96 bits per heavy atom. The van der Waals surface area contributed by atoms with Crippen LogP contribution in [0.2, 0.25) is 0 Å². The van der Waals surface area contributed by atoms with Crippen LogP contribution >= 0.6 is 0 Å². The van der Waals surface area contributed by atoms with E-state index >= 15 is 0 Å². The van der Waals surface area contributed by atoms with Gasteiger partial charge >= 0.3 is 0 Å². The molecule has 28 heavy (non-hydrogen) atoms. The molecule has 0 aliphatic heterocycles. The fraction of sp³-hybridized carbons (Fsp3) is 0.238. The first-order valence-corrected chi connectivity index (χ1v) is 9.02. The van der Waals surface area contributed by atoms with Gasteiger partial charge < -0.3 is 24.5 Å². The zero-order valence-electron chi connectivity index (χ0n) is 16.2. The van der Waals surface area contributed by atoms with Gasteiger partial charge in [0, 0.05) is 24.4 Å². The van der Waals surface area contributed by atoms with Crippen LogP contribution in [0.15, 0.2) is 64.1 Å². The summed E-state index contributed by atoms with van der Waals surface area (Å²) in [4.78, 5) is 8.55. The summed E-state index contributed by atoms with van der Waals surface area (Å²) in [6, 6.07) is 15.5. The summed E-state index contributed by atoms with van der Waals surface area (Å²) in [7, 11) is 3.32. The minimum Gasteiger partial charge on any atom is -0.493 e. The molecule has 7 nitrogen and oxygen atoms in total. The minimum atomic E-state index is 0.404. The molecule has 1 aromatic heterocycles. The van der Waals surface area contributed by atoms with Crippen molar-refractivity contribution in [2.24, 2.45) is 4.99 Å². The summed E-state index contributed by atoms with van der Waals surface area (Å²) >= 11 is 0. The molecule has 3 rings (SSSR count). The number of benzene rings is 2. The molecular formula is C21H24N4O3. The van der Waals surface area contributed by atoms with E-state index in [1.807, 2.05) is 55.5 Å². The van der Waals surface area contributed by atoms with Gasteiger partial charge in [0.15, 0.2) is 23.2 Å². The summed E-state index contributed by atoms with van der Waals surface area (Å²) in [5, 5.41) is 6.41. The largest absolute Gasteiger partial charge is 0.493 e. The summed E-state index contributed by atoms with van der Waals surface area (Å²) in [5.41, 5.74) is 1.82. The van der Waals surface area contributed by atoms with Crippen molar-refractivity contribution in [1.29, 1.82) is 0 Å². The van der Waals surface area contributed by atoms with Crippen LogP contribution in [0, 0.1) is 0 Å². The SMILES string of the molecule is CCOc1cc(NC(=NC)NCc2ncc(-c3ccccc3)o2)ccc1OC. The molecule has 0 aliphatic carbocycles. The predicted molar refractivity (Wildman–Crippen MR) is 110 cm³/mol. The molecule has 3 aromatic rings. The number of hydrogen-bond acceptors (Lipinski definition) is 5. The second kappa shape index (κ2) is 9.45. The predicted octanol–water partition coefficient (Wildman–Crippen LogP) is 3.94. The van der Waals surface area contributed by atoms with Crippen LogP contribution in [-0.2, 0) is 6.54 Å². The van der Waals surface area contributed by atoms with Gasteiger partial charge in [-0.15, -0.1) is 0 Å². The molecule has 0 bridgehead atoms. The zero-order valence-corrected chi connectivity index (χ0v) is 16.2. The van der Waals surface area contributed by atoms with E-state index in [9.17, 15) is 0 Å². The quantitative estimate of drug-likeness (QED) is 0.477. The number of rotatable bonds is 7. The zero-order chi connectivity index (χ0) is 19.8. The summed E-state index contributed by atoms with van der Waals surface area (Å²) in [6.07, 6.45) is 1.72. The van der Waals surface area contributed by atoms with Crippen LogP contribution in [0.1, 0.15) is 12.8 Å². The molecule has 0 radical (unpaired) electrons. The Morgan fingerprint density at radius 3 is 2.68 bits per heavy atom. The second-order valence-electron chi connectivity index (χ2n) is 5.83. The molecule has 146 valence electrons. The maximum atomic E-state index is 5.80. The number of anilines is 1. The van der Waals surface area contributed by atoms with Gasteiger partial charge in [0.05, 0.1) is 26.5 Å². The third-order valence-electron chi connectivity index (χ3n) is 3.97. The molecule has 1 heterocycles. The number of nitrogens with one attached hydrogen (secondary N) is 2. The number of hydrogen-bond donors (Lipinski definition) is 2. The Hall–Kier alpha value is -3.48. The van der Waals surface area contributed by atoms with Gasteiger partial charge in [0.2, 0.25) is 5.89 Å². The number of aromatic nitrogens is 1. The fourth-order valence-corrected chi connectivity index (χ4v) is 2.63. The molecule has 0 spiro atoms. The van der Waals surface area contributed by atoms with Gasteiger partial charge in [-0.05, 0) is 19.1 Å². The van der Waals surface area contributed by atoms with Crippen molar-refractivity contribution in [3.05, 3.63) is 60.6 Å². The van der Waals surface area contributed by atoms with Crippen LogP contribution in [0.25, 0.3) is 11.3 Å². The average Bonchev–Trinajstić information content (AvgIpc) is 3.21. The number of nitrogens with zero attached hydrogens (tertiary/aromatic N) is 2. The normalized spacial score (nSPS) is 11.2. The second-order valence-corrected chi connectivity index (χ2v) is 5.83. The lowest BCUT2D eigenvalue weighted by Crippen LogP contribution is -2.30. The highest BCUT2D eigenvalue weighted by molar-refractivity contribution is 5.93. The van der Waals surface area contributed by atoms with Crippen molar-refractivity contribution in [2.75, 3.05) is 26.1 Å². The van der Waals surface area contributed by atoms with Crippen molar-refractivity contribution in [2.45, 2.75) is 13.5 Å². The minimum absolute atomic E-state index is 0.404. The van der Waals surface area contributed by atoms with E-state index in [4.69, 9.17) is 13.9 Å². The smallest absolute Gasteiger partial charge is 0.214 e. The third-order valence-corrected chi connectivity index (χ3v) is 3.97. The van der Waals surface area contributed by atoms with Crippen molar-refractivity contribution < 1.29 is 13.9 Å². The molecule has 0 unspecified atom stereocenters. The van der Waals surface area contributed by atoms with Crippen molar-refractivity contribution in [3.63, 3.8) is 0 Å². The fourth-order valence-electron chi connectivity index (χ4n) is 2.63. The Bertz CT molecular complexity index is 922. The Kier molecular flexibility index (Phi) is 6.51. The first kappa shape index (κ1) is 19.3. The lowest BCUT2D eigenvalue weighted by atomic mass is 10.2. The van der Waals surface area contributed by atoms with Gasteiger partial charge in [-0.1, -0.05) is 30.3 Å². The summed E-state index contributed by atoms with van der Waals surface area (Å²) < 4.78 is 16.7. The maximum absolute atomic E-state index is 5.80. The molecule has 0 amide bonds. The van der Waals surface area contributed by atoms with Crippen molar-refractivity contribution in [3.8, 4) is 22.8 Å². The molecule has 0 atom stereocenters. The van der Waals surface area contributed by atoms with Crippen molar-refractivity contribution in [1.82, 2.24) is 10.3 Å². The first-order valence-electron chi connectivity index (χ1n) is 9.02. The Morgan fingerprint density at radius 1 is 1.14 bits per heavy atom. The lowest BCUT2D eigenvalue weighted by molar-refractivity contribution is 0.311. The Labute approximate surface area is 164 Å². The number of oxazole rings is 1. The maximum Gasteiger partial charge on any atom is 0.214 e. The van der Waals surface area contributed by atoms with E-state index in [0.29, 0.717) is 36.5 Å². The molecule has 2 aromatic carbocycles. The van der Waals surface area contributed by atoms with Crippen molar-refractivity contribution >= 4 is 11.6 Å². The molecule has 0 saturated carbocycles. The van der Waals surface area contributed by atoms with E-state index in [2.05, 4.69) is 20.6 Å². The van der Waals surface area contributed by atoms with Crippen LogP contribution in [0.4, 0.5) is 5.69 Å². The Balaban J connectivity index is 1.63. The lowest BCUT2D eigenvalue weighted by Gasteiger charge is -2.14. The van der Waals surface area contributed by atoms with E-state index in [1.165, 1.54) is 0 Å². The number of guanidine groups is 1. The third kappa shape index (κ3) is 4.82. The molecule has 0 saturated heterocycles. The van der Waals surface area contributed by atoms with E-state index in [-0.39, 0.29) is 0 Å². The number of aliphatic imine (C=N–C) groups is 1. The molecule has 7 heteroatoms. The molecular weight excluding hydrogens is 356 g/mol. The average molecular weight is 380 g/mol. The van der Waals surface area contributed by atoms with Gasteiger partial charge in [0.1, 0.15) is 0 Å². The van der Waals surface area contributed by atoms with Gasteiger partial charge in [0.25, 0.3) is 0 Å². The topological polar surface area (TPSA) is 80.9 Å². The van der Waals surface area contributed by atoms with E-state index in [1.54, 1.807) is 20.4 Å². The van der Waals surface area contributed by atoms with Crippen LogP contribution in [0.3, 0.4) is 0 Å².